The van der Waals surface area contributed by atoms with Gasteiger partial charge in [0.1, 0.15) is 17.7 Å². The summed E-state index contributed by atoms with van der Waals surface area (Å²) in [6.07, 6.45) is 6.12. The maximum atomic E-state index is 12.9. The lowest BCUT2D eigenvalue weighted by Gasteiger charge is -2.40. The lowest BCUT2D eigenvalue weighted by Crippen LogP contribution is -2.58. The molecule has 33 heavy (non-hydrogen) atoms. The van der Waals surface area contributed by atoms with Crippen molar-refractivity contribution in [1.29, 1.82) is 0 Å². The van der Waals surface area contributed by atoms with Gasteiger partial charge in [0.15, 0.2) is 5.65 Å². The number of pyridine rings is 2. The van der Waals surface area contributed by atoms with E-state index in [0.717, 1.165) is 31.0 Å². The van der Waals surface area contributed by atoms with Gasteiger partial charge in [-0.3, -0.25) is 14.2 Å². The number of nitrogens with one attached hydrogen (secondary N) is 1. The van der Waals surface area contributed by atoms with Crippen molar-refractivity contribution in [3.05, 3.63) is 39.9 Å². The molecule has 5 heterocycles. The minimum absolute atomic E-state index is 0.153. The number of anilines is 1. The predicted molar refractivity (Wildman–Crippen MR) is 121 cm³/mol. The van der Waals surface area contributed by atoms with Gasteiger partial charge in [0.2, 0.25) is 10.6 Å². The number of hydrogen-bond acceptors (Lipinski definition) is 10. The number of hydrogen-bond donors (Lipinski definition) is 2. The number of aryl methyl sites for hydroxylation is 1. The largest absolute Gasteiger partial charge is 0.477 e. The molecule has 0 bridgehead atoms. The average Bonchev–Trinajstić information content (AvgIpc) is 3.30. The van der Waals surface area contributed by atoms with Gasteiger partial charge in [0, 0.05) is 37.4 Å². The first-order valence-electron chi connectivity index (χ1n) is 10.8. The Bertz CT molecular complexity index is 1220. The SMILES string of the molecule is Cc1cc(N2CC(NOC[C@@H]3CCCCO3)C2)nc2c1c(=O)c(C(=O)O)cn2-c1ncns1. The van der Waals surface area contributed by atoms with Crippen LogP contribution in [0.5, 0.6) is 0 Å². The standard InChI is InChI=1S/C21H24N6O5S/c1-12-6-16(26-7-13(8-26)25-32-10-14-4-2-3-5-31-14)24-19-17(12)18(28)15(20(29)30)9-27(19)21-22-11-23-33-21/h6,9,11,13-14,25H,2-5,7-8,10H2,1H3,(H,29,30)/t14-/m0/s1. The van der Waals surface area contributed by atoms with Crippen molar-refractivity contribution in [1.82, 2.24) is 24.4 Å². The van der Waals surface area contributed by atoms with Crippen molar-refractivity contribution in [2.24, 2.45) is 0 Å². The molecule has 0 radical (unpaired) electrons. The van der Waals surface area contributed by atoms with Crippen LogP contribution in [0.2, 0.25) is 0 Å². The van der Waals surface area contributed by atoms with Gasteiger partial charge in [-0.15, -0.1) is 0 Å². The Morgan fingerprint density at radius 2 is 2.24 bits per heavy atom. The Labute approximate surface area is 193 Å². The maximum Gasteiger partial charge on any atom is 0.341 e. The average molecular weight is 473 g/mol. The Balaban J connectivity index is 1.36. The van der Waals surface area contributed by atoms with Crippen molar-refractivity contribution >= 4 is 34.4 Å². The summed E-state index contributed by atoms with van der Waals surface area (Å²) < 4.78 is 11.2. The third kappa shape index (κ3) is 4.34. The molecule has 2 saturated heterocycles. The second-order valence-electron chi connectivity index (χ2n) is 8.29. The Morgan fingerprint density at radius 3 is 2.94 bits per heavy atom. The molecule has 0 aliphatic carbocycles. The minimum Gasteiger partial charge on any atom is -0.477 e. The van der Waals surface area contributed by atoms with Crippen LogP contribution in [-0.2, 0) is 9.57 Å². The van der Waals surface area contributed by atoms with E-state index in [9.17, 15) is 14.7 Å². The normalized spacial score (nSPS) is 19.1. The molecule has 2 N–H and O–H groups in total. The Morgan fingerprint density at radius 1 is 1.39 bits per heavy atom. The Kier molecular flexibility index (Phi) is 6.06. The van der Waals surface area contributed by atoms with Gasteiger partial charge in [-0.25, -0.2) is 14.8 Å². The molecule has 0 aromatic carbocycles. The summed E-state index contributed by atoms with van der Waals surface area (Å²) >= 11 is 1.09. The Hall–Kier alpha value is -2.93. The van der Waals surface area contributed by atoms with Crippen LogP contribution in [0.3, 0.4) is 0 Å². The fourth-order valence-corrected chi connectivity index (χ4v) is 4.66. The summed E-state index contributed by atoms with van der Waals surface area (Å²) in [6, 6.07) is 1.97. The van der Waals surface area contributed by atoms with Crippen LogP contribution in [0, 0.1) is 6.92 Å². The lowest BCUT2D eigenvalue weighted by molar-refractivity contribution is -0.0799. The molecular weight excluding hydrogens is 448 g/mol. The number of carbonyl (C=O) groups is 1. The molecule has 3 aromatic rings. The zero-order valence-corrected chi connectivity index (χ0v) is 18.9. The summed E-state index contributed by atoms with van der Waals surface area (Å²) in [4.78, 5) is 41.1. The molecule has 12 heteroatoms. The number of rotatable bonds is 7. The molecule has 0 amide bonds. The van der Waals surface area contributed by atoms with E-state index in [4.69, 9.17) is 14.6 Å². The number of nitrogens with zero attached hydrogens (tertiary/aromatic N) is 5. The van der Waals surface area contributed by atoms with E-state index in [0.29, 0.717) is 41.9 Å². The van der Waals surface area contributed by atoms with E-state index in [1.165, 1.54) is 23.5 Å². The first-order chi connectivity index (χ1) is 16.0. The van der Waals surface area contributed by atoms with Crippen LogP contribution in [0.25, 0.3) is 16.2 Å². The summed E-state index contributed by atoms with van der Waals surface area (Å²) in [5, 5.41) is 10.2. The highest BCUT2D eigenvalue weighted by Gasteiger charge is 2.30. The van der Waals surface area contributed by atoms with Crippen LogP contribution in [-0.4, -0.2) is 68.4 Å². The van der Waals surface area contributed by atoms with E-state index in [1.54, 1.807) is 6.92 Å². The van der Waals surface area contributed by atoms with Crippen LogP contribution < -0.4 is 15.8 Å². The maximum absolute atomic E-state index is 12.9. The van der Waals surface area contributed by atoms with E-state index >= 15 is 0 Å². The van der Waals surface area contributed by atoms with E-state index in [1.807, 2.05) is 6.07 Å². The lowest BCUT2D eigenvalue weighted by atomic mass is 10.1. The second-order valence-corrected chi connectivity index (χ2v) is 9.04. The topological polar surface area (TPSA) is 132 Å². The van der Waals surface area contributed by atoms with Gasteiger partial charge in [-0.1, -0.05) is 0 Å². The van der Waals surface area contributed by atoms with Crippen molar-refractivity contribution in [3.63, 3.8) is 0 Å². The highest BCUT2D eigenvalue weighted by atomic mass is 32.1. The van der Waals surface area contributed by atoms with Crippen molar-refractivity contribution in [2.45, 2.75) is 38.3 Å². The van der Waals surface area contributed by atoms with Crippen LogP contribution >= 0.6 is 11.5 Å². The zero-order valence-electron chi connectivity index (χ0n) is 18.1. The number of carboxylic acids is 1. The summed E-state index contributed by atoms with van der Waals surface area (Å²) in [5.74, 6) is -0.590. The van der Waals surface area contributed by atoms with Crippen LogP contribution in [0.1, 0.15) is 35.2 Å². The van der Waals surface area contributed by atoms with Gasteiger partial charge >= 0.3 is 5.97 Å². The van der Waals surface area contributed by atoms with E-state index in [-0.39, 0.29) is 23.1 Å². The molecule has 174 valence electrons. The predicted octanol–water partition coefficient (Wildman–Crippen LogP) is 1.52. The minimum atomic E-state index is -1.29. The van der Waals surface area contributed by atoms with Crippen molar-refractivity contribution in [3.8, 4) is 5.13 Å². The van der Waals surface area contributed by atoms with Gasteiger partial charge in [-0.2, -0.15) is 9.85 Å². The molecule has 1 atom stereocenters. The second kappa shape index (κ2) is 9.14. The van der Waals surface area contributed by atoms with E-state index in [2.05, 4.69) is 19.7 Å². The van der Waals surface area contributed by atoms with Crippen LogP contribution in [0.15, 0.2) is 23.4 Å². The number of fused-ring (bicyclic) bond motifs is 1. The molecule has 0 saturated carbocycles. The number of hydroxylamine groups is 1. The first-order valence-corrected chi connectivity index (χ1v) is 11.6. The fourth-order valence-electron chi connectivity index (χ4n) is 4.15. The van der Waals surface area contributed by atoms with Gasteiger partial charge in [0.05, 0.1) is 24.1 Å². The highest BCUT2D eigenvalue weighted by Crippen LogP contribution is 2.26. The van der Waals surface area contributed by atoms with Gasteiger partial charge < -0.3 is 14.7 Å². The van der Waals surface area contributed by atoms with Gasteiger partial charge in [0.25, 0.3) is 0 Å². The van der Waals surface area contributed by atoms with Crippen molar-refractivity contribution in [2.75, 3.05) is 31.2 Å². The third-order valence-corrected chi connectivity index (χ3v) is 6.59. The molecule has 2 aliphatic rings. The van der Waals surface area contributed by atoms with Crippen molar-refractivity contribution < 1.29 is 19.5 Å². The molecular formula is C21H24N6O5S. The summed E-state index contributed by atoms with van der Waals surface area (Å²) in [5.41, 5.74) is 3.22. The monoisotopic (exact) mass is 472 g/mol. The third-order valence-electron chi connectivity index (χ3n) is 5.93. The molecule has 0 spiro atoms. The molecule has 0 unspecified atom stereocenters. The zero-order chi connectivity index (χ0) is 22.9. The summed E-state index contributed by atoms with van der Waals surface area (Å²) in [7, 11) is 0. The molecule has 2 aliphatic heterocycles. The first kappa shape index (κ1) is 21.9. The molecule has 3 aromatic heterocycles. The fraction of sp³-hybridized carbons (Fsp3) is 0.476. The number of carboxylic acid groups (broad SMARTS) is 1. The highest BCUT2D eigenvalue weighted by molar-refractivity contribution is 7.08. The summed E-state index contributed by atoms with van der Waals surface area (Å²) in [6.45, 7) is 4.51. The number of aromatic carboxylic acids is 1. The van der Waals surface area contributed by atoms with E-state index < -0.39 is 11.4 Å². The quantitative estimate of drug-likeness (QED) is 0.488. The molecule has 11 nitrogen and oxygen atoms in total. The van der Waals surface area contributed by atoms with Gasteiger partial charge in [-0.05, 0) is 37.8 Å². The smallest absolute Gasteiger partial charge is 0.341 e. The van der Waals surface area contributed by atoms with Crippen LogP contribution in [0.4, 0.5) is 5.82 Å². The number of aromatic nitrogens is 4. The number of ether oxygens (including phenoxy) is 1. The molecule has 5 rings (SSSR count). The molecule has 2 fully saturated rings.